The van der Waals surface area contributed by atoms with Gasteiger partial charge in [-0.2, -0.15) is 0 Å². The van der Waals surface area contributed by atoms with Crippen LogP contribution in [0.4, 0.5) is 14.5 Å². The highest BCUT2D eigenvalue weighted by molar-refractivity contribution is 7.13. The molecule has 110 valence electrons. The molecular formula is C17H11F2NOS. The van der Waals surface area contributed by atoms with Crippen LogP contribution in [0.15, 0.2) is 60.0 Å². The third-order valence-electron chi connectivity index (χ3n) is 3.13. The minimum atomic E-state index is -0.757. The Morgan fingerprint density at radius 1 is 1.00 bits per heavy atom. The summed E-state index contributed by atoms with van der Waals surface area (Å²) in [5.41, 5.74) is 1.07. The van der Waals surface area contributed by atoms with Gasteiger partial charge in [0.15, 0.2) is 0 Å². The smallest absolute Gasteiger partial charge is 0.258 e. The zero-order valence-corrected chi connectivity index (χ0v) is 12.2. The Balaban J connectivity index is 1.94. The predicted molar refractivity (Wildman–Crippen MR) is 84.1 cm³/mol. The average molecular weight is 315 g/mol. The molecule has 1 heterocycles. The van der Waals surface area contributed by atoms with E-state index in [1.165, 1.54) is 11.3 Å². The van der Waals surface area contributed by atoms with Crippen molar-refractivity contribution in [3.05, 3.63) is 77.2 Å². The summed E-state index contributed by atoms with van der Waals surface area (Å²) in [6.45, 7) is 0. The third-order valence-corrected chi connectivity index (χ3v) is 4.04. The number of rotatable bonds is 3. The van der Waals surface area contributed by atoms with Crippen molar-refractivity contribution in [2.24, 2.45) is 0 Å². The maximum Gasteiger partial charge on any atom is 0.258 e. The fourth-order valence-corrected chi connectivity index (χ4v) is 2.87. The van der Waals surface area contributed by atoms with Gasteiger partial charge in [-0.05, 0) is 35.7 Å². The molecule has 3 aromatic rings. The van der Waals surface area contributed by atoms with Crippen LogP contribution in [0.2, 0.25) is 0 Å². The minimum absolute atomic E-state index is 0.319. The van der Waals surface area contributed by atoms with Gasteiger partial charge in [0.25, 0.3) is 5.91 Å². The van der Waals surface area contributed by atoms with Crippen molar-refractivity contribution in [1.82, 2.24) is 0 Å². The Hall–Kier alpha value is -2.53. The highest BCUT2D eigenvalue weighted by Gasteiger charge is 2.15. The monoisotopic (exact) mass is 315 g/mol. The van der Waals surface area contributed by atoms with Crippen LogP contribution in [0.25, 0.3) is 10.4 Å². The molecule has 0 spiro atoms. The second kappa shape index (κ2) is 6.07. The number of halogens is 2. The number of amides is 1. The van der Waals surface area contributed by atoms with E-state index in [2.05, 4.69) is 5.32 Å². The van der Waals surface area contributed by atoms with Crippen LogP contribution in [0, 0.1) is 11.6 Å². The highest BCUT2D eigenvalue weighted by atomic mass is 32.1. The van der Waals surface area contributed by atoms with Crippen LogP contribution >= 0.6 is 11.3 Å². The second-order valence-corrected chi connectivity index (χ2v) is 5.55. The second-order valence-electron chi connectivity index (χ2n) is 4.60. The van der Waals surface area contributed by atoms with Crippen molar-refractivity contribution in [3.8, 4) is 10.4 Å². The van der Waals surface area contributed by atoms with Crippen LogP contribution in [-0.2, 0) is 0 Å². The largest absolute Gasteiger partial charge is 0.321 e. The maximum absolute atomic E-state index is 13.7. The predicted octanol–water partition coefficient (Wildman–Crippen LogP) is 4.95. The molecule has 0 aliphatic carbocycles. The molecule has 5 heteroatoms. The number of carbonyl (C=O) groups is 1. The molecule has 1 N–H and O–H groups in total. The summed E-state index contributed by atoms with van der Waals surface area (Å²) in [4.78, 5) is 13.2. The van der Waals surface area contributed by atoms with E-state index in [-0.39, 0.29) is 5.56 Å². The van der Waals surface area contributed by atoms with E-state index in [0.29, 0.717) is 5.69 Å². The van der Waals surface area contributed by atoms with Gasteiger partial charge >= 0.3 is 0 Å². The Kier molecular flexibility index (Phi) is 3.98. The van der Waals surface area contributed by atoms with Crippen molar-refractivity contribution in [2.45, 2.75) is 0 Å². The van der Waals surface area contributed by atoms with Crippen LogP contribution in [0.1, 0.15) is 10.4 Å². The molecule has 0 bridgehead atoms. The minimum Gasteiger partial charge on any atom is -0.321 e. The van der Waals surface area contributed by atoms with Gasteiger partial charge in [0.1, 0.15) is 11.6 Å². The summed E-state index contributed by atoms with van der Waals surface area (Å²) in [6.07, 6.45) is 0. The van der Waals surface area contributed by atoms with Gasteiger partial charge in [-0.15, -0.1) is 11.3 Å². The summed E-state index contributed by atoms with van der Waals surface area (Å²) in [5, 5.41) is 4.57. The van der Waals surface area contributed by atoms with E-state index in [9.17, 15) is 13.6 Å². The van der Waals surface area contributed by atoms with Crippen LogP contribution < -0.4 is 5.32 Å². The van der Waals surface area contributed by atoms with Gasteiger partial charge in [0.2, 0.25) is 0 Å². The summed E-state index contributed by atoms with van der Waals surface area (Å²) < 4.78 is 26.9. The van der Waals surface area contributed by atoms with Crippen LogP contribution in [-0.4, -0.2) is 5.91 Å². The fraction of sp³-hybridized carbons (Fsp3) is 0. The first-order valence-corrected chi connectivity index (χ1v) is 7.42. The van der Waals surface area contributed by atoms with Gasteiger partial charge in [0, 0.05) is 16.1 Å². The van der Waals surface area contributed by atoms with Gasteiger partial charge in [0.05, 0.1) is 5.56 Å². The molecule has 0 aliphatic rings. The first-order chi connectivity index (χ1) is 10.6. The first-order valence-electron chi connectivity index (χ1n) is 6.54. The molecule has 0 atom stereocenters. The molecular weight excluding hydrogens is 304 g/mol. The molecule has 0 saturated heterocycles. The molecule has 2 aromatic carbocycles. The zero-order valence-electron chi connectivity index (χ0n) is 11.3. The third kappa shape index (κ3) is 2.89. The normalized spacial score (nSPS) is 10.5. The highest BCUT2D eigenvalue weighted by Crippen LogP contribution is 2.31. The molecule has 0 unspecified atom stereocenters. The van der Waals surface area contributed by atoms with Crippen LogP contribution in [0.3, 0.4) is 0 Å². The van der Waals surface area contributed by atoms with Crippen LogP contribution in [0.5, 0.6) is 0 Å². The number of carbonyl (C=O) groups excluding carboxylic acids is 1. The summed E-state index contributed by atoms with van der Waals surface area (Å²) in [7, 11) is 0. The Bertz CT molecular complexity index is 815. The average Bonchev–Trinajstić information content (AvgIpc) is 3.04. The topological polar surface area (TPSA) is 29.1 Å². The van der Waals surface area contributed by atoms with E-state index in [1.54, 1.807) is 12.1 Å². The Morgan fingerprint density at radius 2 is 1.82 bits per heavy atom. The lowest BCUT2D eigenvalue weighted by atomic mass is 10.1. The Morgan fingerprint density at radius 3 is 2.59 bits per heavy atom. The van der Waals surface area contributed by atoms with Crippen molar-refractivity contribution in [3.63, 3.8) is 0 Å². The van der Waals surface area contributed by atoms with E-state index in [0.717, 1.165) is 28.6 Å². The van der Waals surface area contributed by atoms with Gasteiger partial charge in [-0.1, -0.05) is 24.3 Å². The number of thiophene rings is 1. The van der Waals surface area contributed by atoms with Gasteiger partial charge in [-0.25, -0.2) is 8.78 Å². The van der Waals surface area contributed by atoms with E-state index >= 15 is 0 Å². The molecule has 1 aromatic heterocycles. The lowest BCUT2D eigenvalue weighted by Crippen LogP contribution is -2.14. The summed E-state index contributed by atoms with van der Waals surface area (Å²) in [5.74, 6) is -2.09. The molecule has 1 amide bonds. The van der Waals surface area contributed by atoms with E-state index in [1.807, 2.05) is 29.6 Å². The van der Waals surface area contributed by atoms with Crippen molar-refractivity contribution in [1.29, 1.82) is 0 Å². The van der Waals surface area contributed by atoms with Crippen molar-refractivity contribution >= 4 is 22.9 Å². The maximum atomic E-state index is 13.7. The lowest BCUT2D eigenvalue weighted by Gasteiger charge is -2.10. The molecule has 0 fully saturated rings. The van der Waals surface area contributed by atoms with E-state index < -0.39 is 17.5 Å². The zero-order chi connectivity index (χ0) is 15.5. The molecule has 0 aliphatic heterocycles. The fourth-order valence-electron chi connectivity index (χ4n) is 2.10. The van der Waals surface area contributed by atoms with Gasteiger partial charge in [-0.3, -0.25) is 4.79 Å². The number of nitrogens with one attached hydrogen (secondary N) is 1. The SMILES string of the molecule is O=C(Nc1ccccc1-c1cccs1)c1cc(F)ccc1F. The molecule has 2 nitrogen and oxygen atoms in total. The number of anilines is 1. The van der Waals surface area contributed by atoms with Crippen molar-refractivity contribution < 1.29 is 13.6 Å². The molecule has 3 rings (SSSR count). The first kappa shape index (κ1) is 14.4. The Labute approximate surface area is 130 Å². The number of para-hydroxylation sites is 1. The van der Waals surface area contributed by atoms with Crippen molar-refractivity contribution in [2.75, 3.05) is 5.32 Å². The molecule has 0 radical (unpaired) electrons. The molecule has 0 saturated carbocycles. The summed E-state index contributed by atoms with van der Waals surface area (Å²) in [6, 6.07) is 13.9. The van der Waals surface area contributed by atoms with E-state index in [4.69, 9.17) is 0 Å². The quantitative estimate of drug-likeness (QED) is 0.728. The summed E-state index contributed by atoms with van der Waals surface area (Å²) >= 11 is 1.53. The standard InChI is InChI=1S/C17H11F2NOS/c18-11-7-8-14(19)13(10-11)17(21)20-15-5-2-1-4-12(15)16-6-3-9-22-16/h1-10H,(H,20,21). The lowest BCUT2D eigenvalue weighted by molar-refractivity contribution is 0.102. The molecule has 22 heavy (non-hydrogen) atoms. The number of hydrogen-bond donors (Lipinski definition) is 1. The number of hydrogen-bond acceptors (Lipinski definition) is 2. The van der Waals surface area contributed by atoms with Gasteiger partial charge < -0.3 is 5.32 Å². The number of benzene rings is 2.